The van der Waals surface area contributed by atoms with Crippen molar-refractivity contribution in [2.45, 2.75) is 62.8 Å². The maximum absolute atomic E-state index is 4.96. The zero-order valence-corrected chi connectivity index (χ0v) is 10.6. The number of furan rings is 1. The molecule has 1 aromatic rings. The highest BCUT2D eigenvalue weighted by molar-refractivity contribution is 5.11. The van der Waals surface area contributed by atoms with E-state index in [-0.39, 0.29) is 7.43 Å². The third-order valence-electron chi connectivity index (χ3n) is 1.12. The van der Waals surface area contributed by atoms with Gasteiger partial charge in [0.15, 0.2) is 0 Å². The molecule has 1 aromatic heterocycles. The van der Waals surface area contributed by atoms with E-state index in [1.165, 1.54) is 5.56 Å². The van der Waals surface area contributed by atoms with E-state index < -0.39 is 0 Å². The first-order chi connectivity index (χ1) is 6.30. The Bertz CT molecular complexity index is 138. The van der Waals surface area contributed by atoms with Crippen LogP contribution in [0.25, 0.3) is 0 Å². The summed E-state index contributed by atoms with van der Waals surface area (Å²) in [5.41, 5.74) is 1.22. The summed E-state index contributed by atoms with van der Waals surface area (Å²) in [4.78, 5) is 0. The molecular formula is C13H30O. The van der Waals surface area contributed by atoms with Crippen molar-refractivity contribution in [3.63, 3.8) is 0 Å². The van der Waals surface area contributed by atoms with Crippen LogP contribution >= 0.6 is 0 Å². The van der Waals surface area contributed by atoms with Crippen LogP contribution in [0.4, 0.5) is 0 Å². The molecule has 0 aliphatic carbocycles. The van der Waals surface area contributed by atoms with Gasteiger partial charge in [-0.3, -0.25) is 0 Å². The Morgan fingerprint density at radius 3 is 1.29 bits per heavy atom. The SMILES string of the molecule is C.CC.CC.CC.Cc1ccoc1C. The van der Waals surface area contributed by atoms with Gasteiger partial charge in [-0.25, -0.2) is 0 Å². The predicted octanol–water partition coefficient (Wildman–Crippen LogP) is 5.61. The summed E-state index contributed by atoms with van der Waals surface area (Å²) in [6.45, 7) is 16.0. The van der Waals surface area contributed by atoms with Crippen LogP contribution in [0.1, 0.15) is 60.3 Å². The van der Waals surface area contributed by atoms with Crippen LogP contribution in [-0.2, 0) is 0 Å². The number of hydrogen-bond acceptors (Lipinski definition) is 1. The lowest BCUT2D eigenvalue weighted by Gasteiger charge is -1.79. The highest BCUT2D eigenvalue weighted by Gasteiger charge is 1.88. The molecule has 0 N–H and O–H groups in total. The zero-order valence-electron chi connectivity index (χ0n) is 10.6. The van der Waals surface area contributed by atoms with E-state index in [9.17, 15) is 0 Å². The lowest BCUT2D eigenvalue weighted by molar-refractivity contribution is 0.532. The Morgan fingerprint density at radius 1 is 0.857 bits per heavy atom. The fourth-order valence-electron chi connectivity index (χ4n) is 0.448. The second-order valence-electron chi connectivity index (χ2n) is 1.66. The summed E-state index contributed by atoms with van der Waals surface area (Å²) in [5, 5.41) is 0. The van der Waals surface area contributed by atoms with Crippen LogP contribution in [0.15, 0.2) is 16.7 Å². The van der Waals surface area contributed by atoms with Crippen molar-refractivity contribution in [1.82, 2.24) is 0 Å². The lowest BCUT2D eigenvalue weighted by Crippen LogP contribution is -1.63. The monoisotopic (exact) mass is 202 g/mol. The topological polar surface area (TPSA) is 13.1 Å². The summed E-state index contributed by atoms with van der Waals surface area (Å²) in [7, 11) is 0. The van der Waals surface area contributed by atoms with E-state index in [0.717, 1.165) is 5.76 Å². The van der Waals surface area contributed by atoms with Gasteiger partial charge in [0.25, 0.3) is 0 Å². The zero-order chi connectivity index (χ0) is 11.3. The van der Waals surface area contributed by atoms with Crippen molar-refractivity contribution in [3.05, 3.63) is 23.7 Å². The first kappa shape index (κ1) is 23.3. The Balaban J connectivity index is -0.0000000625. The smallest absolute Gasteiger partial charge is 0.103 e. The van der Waals surface area contributed by atoms with Crippen molar-refractivity contribution in [2.24, 2.45) is 0 Å². The quantitative estimate of drug-likeness (QED) is 0.533. The molecule has 0 amide bonds. The van der Waals surface area contributed by atoms with Crippen LogP contribution < -0.4 is 0 Å². The molecule has 0 bridgehead atoms. The minimum Gasteiger partial charge on any atom is -0.469 e. The molecule has 14 heavy (non-hydrogen) atoms. The number of hydrogen-bond donors (Lipinski definition) is 0. The van der Waals surface area contributed by atoms with Crippen LogP contribution in [0, 0.1) is 13.8 Å². The molecule has 1 rings (SSSR count). The normalized spacial score (nSPS) is 6.00. The summed E-state index contributed by atoms with van der Waals surface area (Å²) < 4.78 is 4.96. The van der Waals surface area contributed by atoms with Crippen LogP contribution in [0.3, 0.4) is 0 Å². The largest absolute Gasteiger partial charge is 0.469 e. The van der Waals surface area contributed by atoms with Crippen LogP contribution in [-0.4, -0.2) is 0 Å². The van der Waals surface area contributed by atoms with E-state index in [4.69, 9.17) is 4.42 Å². The van der Waals surface area contributed by atoms with Crippen LogP contribution in [0.2, 0.25) is 0 Å². The van der Waals surface area contributed by atoms with E-state index in [0.29, 0.717) is 0 Å². The van der Waals surface area contributed by atoms with Gasteiger partial charge in [-0.1, -0.05) is 49.0 Å². The fraction of sp³-hybridized carbons (Fsp3) is 0.692. The molecule has 88 valence electrons. The minimum absolute atomic E-state index is 0. The summed E-state index contributed by atoms with van der Waals surface area (Å²) in [6, 6.07) is 1.95. The molecule has 0 unspecified atom stereocenters. The molecule has 0 radical (unpaired) electrons. The van der Waals surface area contributed by atoms with Gasteiger partial charge in [-0.2, -0.15) is 0 Å². The van der Waals surface area contributed by atoms with Crippen molar-refractivity contribution in [1.29, 1.82) is 0 Å². The van der Waals surface area contributed by atoms with Crippen molar-refractivity contribution >= 4 is 0 Å². The van der Waals surface area contributed by atoms with Gasteiger partial charge in [-0.05, 0) is 25.5 Å². The van der Waals surface area contributed by atoms with E-state index in [1.807, 2.05) is 61.5 Å². The minimum atomic E-state index is 0. The average molecular weight is 202 g/mol. The van der Waals surface area contributed by atoms with Crippen LogP contribution in [0.5, 0.6) is 0 Å². The highest BCUT2D eigenvalue weighted by Crippen LogP contribution is 2.04. The van der Waals surface area contributed by atoms with Gasteiger partial charge in [-0.15, -0.1) is 0 Å². The Labute approximate surface area is 91.5 Å². The molecule has 0 aliphatic rings. The molecule has 0 saturated heterocycles. The predicted molar refractivity (Wildman–Crippen MR) is 69.0 cm³/mol. The van der Waals surface area contributed by atoms with E-state index >= 15 is 0 Å². The molecule has 0 spiro atoms. The van der Waals surface area contributed by atoms with Gasteiger partial charge >= 0.3 is 0 Å². The van der Waals surface area contributed by atoms with Crippen molar-refractivity contribution in [2.75, 3.05) is 0 Å². The highest BCUT2D eigenvalue weighted by atomic mass is 16.3. The molecule has 1 nitrogen and oxygen atoms in total. The van der Waals surface area contributed by atoms with Gasteiger partial charge in [0.2, 0.25) is 0 Å². The van der Waals surface area contributed by atoms with Crippen molar-refractivity contribution in [3.8, 4) is 0 Å². The second kappa shape index (κ2) is 22.8. The molecular weight excluding hydrogens is 172 g/mol. The first-order valence-electron chi connectivity index (χ1n) is 5.31. The maximum Gasteiger partial charge on any atom is 0.103 e. The standard InChI is InChI=1S/C6H8O.3C2H6.CH4/c1-5-3-4-7-6(5)2;3*1-2;/h3-4H,1-2H3;3*1-2H3;1H4. The molecule has 0 saturated carbocycles. The van der Waals surface area contributed by atoms with Gasteiger partial charge in [0.1, 0.15) is 5.76 Å². The number of aryl methyl sites for hydroxylation is 2. The molecule has 0 atom stereocenters. The summed E-state index contributed by atoms with van der Waals surface area (Å²) in [6.07, 6.45) is 1.70. The molecule has 0 fully saturated rings. The lowest BCUT2D eigenvalue weighted by atomic mass is 10.3. The molecule has 1 heterocycles. The third-order valence-corrected chi connectivity index (χ3v) is 1.12. The molecule has 1 heteroatoms. The second-order valence-corrected chi connectivity index (χ2v) is 1.66. The maximum atomic E-state index is 4.96. The van der Waals surface area contributed by atoms with Crippen molar-refractivity contribution < 1.29 is 4.42 Å². The van der Waals surface area contributed by atoms with E-state index in [2.05, 4.69) is 0 Å². The van der Waals surface area contributed by atoms with E-state index in [1.54, 1.807) is 6.26 Å². The summed E-state index contributed by atoms with van der Waals surface area (Å²) in [5.74, 6) is 1.01. The average Bonchev–Trinajstić information content (AvgIpc) is 2.61. The van der Waals surface area contributed by atoms with Gasteiger partial charge in [0.05, 0.1) is 6.26 Å². The molecule has 0 aliphatic heterocycles. The Kier molecular flexibility index (Phi) is 37.9. The fourth-order valence-corrected chi connectivity index (χ4v) is 0.448. The van der Waals surface area contributed by atoms with Gasteiger partial charge < -0.3 is 4.42 Å². The first-order valence-corrected chi connectivity index (χ1v) is 5.31. The third kappa shape index (κ3) is 13.8. The van der Waals surface area contributed by atoms with Gasteiger partial charge in [0, 0.05) is 0 Å². The number of rotatable bonds is 0. The molecule has 0 aromatic carbocycles. The summed E-state index contributed by atoms with van der Waals surface area (Å²) >= 11 is 0. The Morgan fingerprint density at radius 2 is 1.21 bits per heavy atom. The Hall–Kier alpha value is -0.720.